The summed E-state index contributed by atoms with van der Waals surface area (Å²) in [6.45, 7) is 0.623. The molecule has 0 radical (unpaired) electrons. The zero-order chi connectivity index (χ0) is 25.0. The monoisotopic (exact) mass is 484 g/mol. The highest BCUT2D eigenvalue weighted by molar-refractivity contribution is 5.98. The summed E-state index contributed by atoms with van der Waals surface area (Å²) in [5.74, 6) is -3.18. The average molecular weight is 484 g/mol. The number of nitrogens with one attached hydrogen (secondary N) is 2. The van der Waals surface area contributed by atoms with E-state index in [2.05, 4.69) is 15.5 Å². The van der Waals surface area contributed by atoms with Crippen LogP contribution in [0.3, 0.4) is 0 Å². The minimum absolute atomic E-state index is 0.0284. The molecule has 1 fully saturated rings. The molecule has 0 aliphatic carbocycles. The average Bonchev–Trinajstić information content (AvgIpc) is 3.28. The lowest BCUT2D eigenvalue weighted by atomic mass is 9.96. The number of amides is 2. The van der Waals surface area contributed by atoms with Crippen LogP contribution in [0.25, 0.3) is 0 Å². The number of hydrogen-bond acceptors (Lipinski definition) is 6. The number of alkyl halides is 3. The molecule has 184 valence electrons. The molecule has 13 heteroatoms. The van der Waals surface area contributed by atoms with Crippen molar-refractivity contribution >= 4 is 17.8 Å². The van der Waals surface area contributed by atoms with E-state index in [1.165, 1.54) is 17.0 Å². The molecule has 2 heterocycles. The Morgan fingerprint density at radius 1 is 1.21 bits per heavy atom. The molecule has 2 atom stereocenters. The van der Waals surface area contributed by atoms with Crippen LogP contribution in [0.4, 0.5) is 13.2 Å². The fourth-order valence-corrected chi connectivity index (χ4v) is 3.65. The highest BCUT2D eigenvalue weighted by atomic mass is 19.4. The first-order valence-electron chi connectivity index (χ1n) is 10.4. The first-order valence-corrected chi connectivity index (χ1v) is 10.4. The second-order valence-corrected chi connectivity index (χ2v) is 7.91. The van der Waals surface area contributed by atoms with Crippen LogP contribution >= 0.6 is 0 Å². The maximum Gasteiger partial charge on any atom is 0.416 e. The van der Waals surface area contributed by atoms with E-state index in [9.17, 15) is 37.8 Å². The fourth-order valence-electron chi connectivity index (χ4n) is 3.65. The molecule has 34 heavy (non-hydrogen) atoms. The second kappa shape index (κ2) is 10.2. The van der Waals surface area contributed by atoms with E-state index >= 15 is 0 Å². The third-order valence-electron chi connectivity index (χ3n) is 5.51. The summed E-state index contributed by atoms with van der Waals surface area (Å²) < 4.78 is 39.9. The van der Waals surface area contributed by atoms with E-state index in [4.69, 9.17) is 5.11 Å². The number of halogens is 3. The fraction of sp³-hybridized carbons (Fsp3) is 0.429. The predicted molar refractivity (Wildman–Crippen MR) is 110 cm³/mol. The number of hydrogen-bond donors (Lipinski definition) is 5. The number of piperidine rings is 1. The lowest BCUT2D eigenvalue weighted by Crippen LogP contribution is -2.48. The summed E-state index contributed by atoms with van der Waals surface area (Å²) in [7, 11) is 0. The number of nitrogens with zero attached hydrogens (tertiary/aromatic N) is 2. The van der Waals surface area contributed by atoms with Crippen molar-refractivity contribution in [1.82, 2.24) is 20.4 Å². The standard InChI is InChI=1S/C21H23F3N4O6/c22-21(23,24)13-4-2-1-3-11(13)9-14(17(30)20(33)34)25-18(31)15-10-16(27-26-15)19(32)28-7-5-12(29)6-8-28/h1-4,10,12,14,17,29-30H,5-9H2,(H,25,31)(H,26,27)(H,33,34)/t14-,17-/m1/s1. The third kappa shape index (κ3) is 5.91. The van der Waals surface area contributed by atoms with Crippen molar-refractivity contribution in [2.24, 2.45) is 0 Å². The molecule has 5 N–H and O–H groups in total. The number of aliphatic hydroxyl groups is 2. The topological polar surface area (TPSA) is 156 Å². The van der Waals surface area contributed by atoms with Crippen molar-refractivity contribution in [3.05, 3.63) is 52.8 Å². The van der Waals surface area contributed by atoms with Crippen molar-refractivity contribution in [1.29, 1.82) is 0 Å². The molecule has 2 amide bonds. The Labute approximate surface area is 191 Å². The van der Waals surface area contributed by atoms with Crippen molar-refractivity contribution < 1.29 is 42.9 Å². The zero-order valence-corrected chi connectivity index (χ0v) is 17.7. The van der Waals surface area contributed by atoms with Crippen LogP contribution in [-0.2, 0) is 17.4 Å². The van der Waals surface area contributed by atoms with Gasteiger partial charge in [0, 0.05) is 19.2 Å². The largest absolute Gasteiger partial charge is 0.479 e. The first kappa shape index (κ1) is 25.2. The maximum absolute atomic E-state index is 13.3. The highest BCUT2D eigenvalue weighted by Gasteiger charge is 2.36. The van der Waals surface area contributed by atoms with Gasteiger partial charge in [0.05, 0.1) is 17.7 Å². The minimum Gasteiger partial charge on any atom is -0.479 e. The normalized spacial score (nSPS) is 16.7. The minimum atomic E-state index is -4.72. The molecule has 2 aromatic rings. The van der Waals surface area contributed by atoms with E-state index in [1.54, 1.807) is 0 Å². The first-order chi connectivity index (χ1) is 16.0. The Morgan fingerprint density at radius 2 is 1.85 bits per heavy atom. The number of carbonyl (C=O) groups excluding carboxylic acids is 2. The van der Waals surface area contributed by atoms with E-state index < -0.39 is 54.2 Å². The van der Waals surface area contributed by atoms with Gasteiger partial charge in [-0.1, -0.05) is 18.2 Å². The zero-order valence-electron chi connectivity index (χ0n) is 17.7. The van der Waals surface area contributed by atoms with Gasteiger partial charge in [-0.25, -0.2) is 4.79 Å². The van der Waals surface area contributed by atoms with Crippen LogP contribution in [0.2, 0.25) is 0 Å². The van der Waals surface area contributed by atoms with Crippen molar-refractivity contribution in [2.45, 2.75) is 43.7 Å². The van der Waals surface area contributed by atoms with Crippen molar-refractivity contribution in [3.8, 4) is 0 Å². The maximum atomic E-state index is 13.3. The van der Waals surface area contributed by atoms with Gasteiger partial charge in [0.1, 0.15) is 5.69 Å². The second-order valence-electron chi connectivity index (χ2n) is 7.91. The molecule has 1 saturated heterocycles. The molecule has 1 aliphatic heterocycles. The van der Waals surface area contributed by atoms with E-state index in [1.807, 2.05) is 0 Å². The van der Waals surface area contributed by atoms with Crippen LogP contribution in [0, 0.1) is 0 Å². The van der Waals surface area contributed by atoms with E-state index in [0.717, 1.165) is 18.2 Å². The van der Waals surface area contributed by atoms with Gasteiger partial charge in [-0.15, -0.1) is 0 Å². The Balaban J connectivity index is 1.76. The van der Waals surface area contributed by atoms with Crippen molar-refractivity contribution in [3.63, 3.8) is 0 Å². The molecule has 0 bridgehead atoms. The summed E-state index contributed by atoms with van der Waals surface area (Å²) in [4.78, 5) is 38.0. The van der Waals surface area contributed by atoms with Gasteiger partial charge < -0.3 is 25.5 Å². The van der Waals surface area contributed by atoms with E-state index in [-0.39, 0.29) is 17.0 Å². The van der Waals surface area contributed by atoms with Gasteiger partial charge in [0.25, 0.3) is 11.8 Å². The molecule has 0 unspecified atom stereocenters. The third-order valence-corrected chi connectivity index (χ3v) is 5.51. The smallest absolute Gasteiger partial charge is 0.416 e. The lowest BCUT2D eigenvalue weighted by molar-refractivity contribution is -0.148. The molecule has 3 rings (SSSR count). The van der Waals surface area contributed by atoms with Gasteiger partial charge in [0.15, 0.2) is 11.8 Å². The Morgan fingerprint density at radius 3 is 2.47 bits per heavy atom. The lowest BCUT2D eigenvalue weighted by Gasteiger charge is -2.29. The van der Waals surface area contributed by atoms with Gasteiger partial charge in [0.2, 0.25) is 0 Å². The van der Waals surface area contributed by atoms with Crippen LogP contribution in [0.1, 0.15) is 44.9 Å². The molecular formula is C21H23F3N4O6. The molecule has 1 aromatic carbocycles. The molecule has 0 spiro atoms. The predicted octanol–water partition coefficient (Wildman–Crippen LogP) is 0.812. The number of benzene rings is 1. The number of carbonyl (C=O) groups is 3. The summed E-state index contributed by atoms with van der Waals surface area (Å²) in [6, 6.07) is 3.93. The van der Waals surface area contributed by atoms with Crippen LogP contribution < -0.4 is 5.32 Å². The SMILES string of the molecule is O=C(N[C@H](Cc1ccccc1C(F)(F)F)[C@@H](O)C(=O)O)c1cc(C(=O)N2CCC(O)CC2)[nH]n1. The van der Waals surface area contributed by atoms with Gasteiger partial charge in [-0.05, 0) is 30.9 Å². The summed E-state index contributed by atoms with van der Waals surface area (Å²) in [6.07, 6.45) is -7.23. The number of carboxylic acids is 1. The quantitative estimate of drug-likeness (QED) is 0.389. The Bertz CT molecular complexity index is 1050. The molecule has 1 aromatic heterocycles. The van der Waals surface area contributed by atoms with Gasteiger partial charge in [-0.3, -0.25) is 14.7 Å². The van der Waals surface area contributed by atoms with Crippen molar-refractivity contribution in [2.75, 3.05) is 13.1 Å². The number of aromatic nitrogens is 2. The Hall–Kier alpha value is -3.45. The highest BCUT2D eigenvalue weighted by Crippen LogP contribution is 2.32. The Kier molecular flexibility index (Phi) is 7.57. The van der Waals surface area contributed by atoms with Crippen LogP contribution in [0.15, 0.2) is 30.3 Å². The summed E-state index contributed by atoms with van der Waals surface area (Å²) in [5.41, 5.74) is -1.68. The number of carboxylic acid groups (broad SMARTS) is 1. The molecular weight excluding hydrogens is 461 g/mol. The van der Waals surface area contributed by atoms with Gasteiger partial charge in [-0.2, -0.15) is 18.3 Å². The number of likely N-dealkylation sites (tertiary alicyclic amines) is 1. The molecule has 10 nitrogen and oxygen atoms in total. The van der Waals surface area contributed by atoms with Crippen LogP contribution in [-0.4, -0.2) is 79.5 Å². The van der Waals surface area contributed by atoms with E-state index in [0.29, 0.717) is 25.9 Å². The number of H-pyrrole nitrogens is 1. The summed E-state index contributed by atoms with van der Waals surface area (Å²) >= 11 is 0. The molecule has 0 saturated carbocycles. The number of aliphatic carboxylic acids is 1. The molecule has 1 aliphatic rings. The summed E-state index contributed by atoms with van der Waals surface area (Å²) in [5, 5.41) is 37.1. The number of aromatic amines is 1. The number of aliphatic hydroxyl groups excluding tert-OH is 2. The number of rotatable bonds is 7. The van der Waals surface area contributed by atoms with Gasteiger partial charge >= 0.3 is 12.1 Å². The van der Waals surface area contributed by atoms with Crippen LogP contribution in [0.5, 0.6) is 0 Å².